The summed E-state index contributed by atoms with van der Waals surface area (Å²) in [6.07, 6.45) is 3.62. The maximum Gasteiger partial charge on any atom is 0.243 e. The molecule has 2 heterocycles. The number of nitrogens with zero attached hydrogens (tertiary/aromatic N) is 4. The summed E-state index contributed by atoms with van der Waals surface area (Å²) in [5.74, 6) is -0.0377. The van der Waals surface area contributed by atoms with E-state index in [1.807, 2.05) is 24.3 Å². The van der Waals surface area contributed by atoms with E-state index in [2.05, 4.69) is 22.6 Å². The molecule has 0 aliphatic carbocycles. The van der Waals surface area contributed by atoms with Crippen LogP contribution in [-0.2, 0) is 27.8 Å². The molecule has 1 saturated heterocycles. The lowest BCUT2D eigenvalue weighted by molar-refractivity contribution is -0.116. The van der Waals surface area contributed by atoms with Gasteiger partial charge in [-0.3, -0.25) is 4.79 Å². The largest absolute Gasteiger partial charge is 0.326 e. The van der Waals surface area contributed by atoms with E-state index < -0.39 is 10.0 Å². The zero-order valence-corrected chi connectivity index (χ0v) is 18.4. The lowest BCUT2D eigenvalue weighted by atomic mass is 10.1. The number of carbonyl (C=O) groups excluding carboxylic acids is 1. The van der Waals surface area contributed by atoms with E-state index in [0.29, 0.717) is 38.0 Å². The van der Waals surface area contributed by atoms with Crippen molar-refractivity contribution in [2.75, 3.05) is 18.4 Å². The van der Waals surface area contributed by atoms with Crippen molar-refractivity contribution in [2.24, 2.45) is 0 Å². The first-order chi connectivity index (χ1) is 15.0. The second kappa shape index (κ2) is 9.15. The Morgan fingerprint density at radius 1 is 1.13 bits per heavy atom. The van der Waals surface area contributed by atoms with E-state index >= 15 is 0 Å². The Morgan fingerprint density at radius 3 is 2.68 bits per heavy atom. The summed E-state index contributed by atoms with van der Waals surface area (Å²) in [5.41, 5.74) is 3.27. The Bertz CT molecular complexity index is 1180. The van der Waals surface area contributed by atoms with Crippen molar-refractivity contribution in [1.29, 1.82) is 0 Å². The summed E-state index contributed by atoms with van der Waals surface area (Å²) in [5, 5.41) is 11.3. The summed E-state index contributed by atoms with van der Waals surface area (Å²) >= 11 is 0. The van der Waals surface area contributed by atoms with Crippen LogP contribution in [0.25, 0.3) is 11.0 Å². The van der Waals surface area contributed by atoms with Crippen LogP contribution < -0.4 is 5.32 Å². The fraction of sp³-hybridized carbons (Fsp3) is 0.409. The second-order valence-electron chi connectivity index (χ2n) is 7.74. The first-order valence-electron chi connectivity index (χ1n) is 10.7. The Morgan fingerprint density at radius 2 is 1.90 bits per heavy atom. The molecule has 2 aromatic carbocycles. The highest BCUT2D eigenvalue weighted by molar-refractivity contribution is 7.89. The fourth-order valence-electron chi connectivity index (χ4n) is 3.91. The van der Waals surface area contributed by atoms with Gasteiger partial charge in [-0.15, -0.1) is 5.10 Å². The van der Waals surface area contributed by atoms with Gasteiger partial charge in [-0.25, -0.2) is 13.1 Å². The van der Waals surface area contributed by atoms with Gasteiger partial charge < -0.3 is 5.32 Å². The zero-order chi connectivity index (χ0) is 21.8. The second-order valence-corrected chi connectivity index (χ2v) is 9.67. The van der Waals surface area contributed by atoms with E-state index in [4.69, 9.17) is 0 Å². The molecule has 0 radical (unpaired) electrons. The van der Waals surface area contributed by atoms with Crippen LogP contribution in [0.2, 0.25) is 0 Å². The molecule has 1 aromatic heterocycles. The molecule has 0 saturated carbocycles. The first-order valence-corrected chi connectivity index (χ1v) is 12.1. The average Bonchev–Trinajstić information content (AvgIpc) is 3.45. The number of fused-ring (bicyclic) bond motifs is 1. The van der Waals surface area contributed by atoms with Gasteiger partial charge in [-0.2, -0.15) is 4.31 Å². The maximum absolute atomic E-state index is 12.8. The third-order valence-corrected chi connectivity index (χ3v) is 7.53. The molecule has 31 heavy (non-hydrogen) atoms. The number of rotatable bonds is 8. The van der Waals surface area contributed by atoms with Gasteiger partial charge in [0.05, 0.1) is 10.4 Å². The first kappa shape index (κ1) is 21.5. The molecule has 4 rings (SSSR count). The van der Waals surface area contributed by atoms with Gasteiger partial charge >= 0.3 is 0 Å². The number of amides is 1. The number of sulfonamides is 1. The Hall–Kier alpha value is -2.78. The number of benzene rings is 2. The molecule has 0 spiro atoms. The van der Waals surface area contributed by atoms with Crippen molar-refractivity contribution >= 4 is 32.7 Å². The predicted molar refractivity (Wildman–Crippen MR) is 119 cm³/mol. The lowest BCUT2D eigenvalue weighted by Crippen LogP contribution is -2.27. The molecule has 0 bridgehead atoms. The number of hydrogen-bond acceptors (Lipinski definition) is 5. The van der Waals surface area contributed by atoms with Crippen LogP contribution in [0.3, 0.4) is 0 Å². The third kappa shape index (κ3) is 4.62. The van der Waals surface area contributed by atoms with Crippen molar-refractivity contribution in [1.82, 2.24) is 19.3 Å². The number of anilines is 1. The lowest BCUT2D eigenvalue weighted by Gasteiger charge is -2.15. The monoisotopic (exact) mass is 441 g/mol. The molecule has 1 amide bonds. The SMILES string of the molecule is CCc1ccccc1NC(=O)CCCn1nnc2cc(S(=O)(=O)N3CCCC3)ccc21. The summed E-state index contributed by atoms with van der Waals surface area (Å²) in [7, 11) is -3.48. The van der Waals surface area contributed by atoms with Crippen LogP contribution in [0.15, 0.2) is 47.4 Å². The minimum absolute atomic E-state index is 0.0377. The standard InChI is InChI=1S/C22H27N5O3S/c1-2-17-8-3-4-9-19(17)23-22(28)10-7-15-27-21-12-11-18(16-20(21)24-25-27)31(29,30)26-13-5-6-14-26/h3-4,8-9,11-12,16H,2,5-7,10,13-15H2,1H3,(H,23,28). The van der Waals surface area contributed by atoms with Gasteiger partial charge in [0.2, 0.25) is 15.9 Å². The van der Waals surface area contributed by atoms with Crippen LogP contribution in [-0.4, -0.2) is 46.7 Å². The minimum atomic E-state index is -3.48. The quantitative estimate of drug-likeness (QED) is 0.579. The molecule has 3 aromatic rings. The Balaban J connectivity index is 1.39. The fourth-order valence-corrected chi connectivity index (χ4v) is 5.45. The van der Waals surface area contributed by atoms with Gasteiger partial charge in [0.25, 0.3) is 0 Å². The van der Waals surface area contributed by atoms with Crippen LogP contribution in [0.1, 0.15) is 38.2 Å². The number of aryl methyl sites for hydroxylation is 2. The van der Waals surface area contributed by atoms with Crippen molar-refractivity contribution in [2.45, 2.75) is 50.5 Å². The van der Waals surface area contributed by atoms with Crippen molar-refractivity contribution < 1.29 is 13.2 Å². The molecule has 0 atom stereocenters. The van der Waals surface area contributed by atoms with Gasteiger partial charge in [0, 0.05) is 31.7 Å². The van der Waals surface area contributed by atoms with E-state index in [-0.39, 0.29) is 10.8 Å². The summed E-state index contributed by atoms with van der Waals surface area (Å²) < 4.78 is 28.7. The molecule has 1 aliphatic heterocycles. The zero-order valence-electron chi connectivity index (χ0n) is 17.6. The highest BCUT2D eigenvalue weighted by Gasteiger charge is 2.27. The van der Waals surface area contributed by atoms with E-state index in [9.17, 15) is 13.2 Å². The predicted octanol–water partition coefficient (Wildman–Crippen LogP) is 3.20. The minimum Gasteiger partial charge on any atom is -0.326 e. The number of nitrogens with one attached hydrogen (secondary N) is 1. The number of aromatic nitrogens is 3. The molecular weight excluding hydrogens is 414 g/mol. The molecule has 1 fully saturated rings. The van der Waals surface area contributed by atoms with E-state index in [1.165, 1.54) is 4.31 Å². The van der Waals surface area contributed by atoms with Crippen LogP contribution >= 0.6 is 0 Å². The van der Waals surface area contributed by atoms with Gasteiger partial charge in [-0.1, -0.05) is 30.3 Å². The summed E-state index contributed by atoms with van der Waals surface area (Å²) in [6, 6.07) is 12.7. The van der Waals surface area contributed by atoms with Crippen LogP contribution in [0.5, 0.6) is 0 Å². The molecule has 1 N–H and O–H groups in total. The normalized spacial score (nSPS) is 14.9. The maximum atomic E-state index is 12.8. The highest BCUT2D eigenvalue weighted by atomic mass is 32.2. The molecule has 9 heteroatoms. The molecule has 0 unspecified atom stereocenters. The molecule has 164 valence electrons. The average molecular weight is 442 g/mol. The van der Waals surface area contributed by atoms with Crippen LogP contribution in [0.4, 0.5) is 5.69 Å². The topological polar surface area (TPSA) is 97.2 Å². The van der Waals surface area contributed by atoms with Crippen molar-refractivity contribution in [3.8, 4) is 0 Å². The number of carbonyl (C=O) groups is 1. The summed E-state index contributed by atoms with van der Waals surface area (Å²) in [4.78, 5) is 12.6. The molecule has 8 nitrogen and oxygen atoms in total. The number of hydrogen-bond donors (Lipinski definition) is 1. The van der Waals surface area contributed by atoms with Crippen LogP contribution in [0, 0.1) is 0 Å². The highest BCUT2D eigenvalue weighted by Crippen LogP contribution is 2.24. The van der Waals surface area contributed by atoms with Gasteiger partial charge in [0.1, 0.15) is 5.52 Å². The van der Waals surface area contributed by atoms with E-state index in [0.717, 1.165) is 36.0 Å². The van der Waals surface area contributed by atoms with E-state index in [1.54, 1.807) is 22.9 Å². The Kier molecular flexibility index (Phi) is 6.33. The molecule has 1 aliphatic rings. The third-order valence-electron chi connectivity index (χ3n) is 5.63. The Labute approximate surface area is 182 Å². The molecular formula is C22H27N5O3S. The van der Waals surface area contributed by atoms with Crippen molar-refractivity contribution in [3.63, 3.8) is 0 Å². The van der Waals surface area contributed by atoms with Gasteiger partial charge in [0.15, 0.2) is 0 Å². The summed E-state index contributed by atoms with van der Waals surface area (Å²) in [6.45, 7) is 3.72. The van der Waals surface area contributed by atoms with Gasteiger partial charge in [-0.05, 0) is 55.5 Å². The number of para-hydroxylation sites is 1. The van der Waals surface area contributed by atoms with Crippen molar-refractivity contribution in [3.05, 3.63) is 48.0 Å². The smallest absolute Gasteiger partial charge is 0.243 e.